The Labute approximate surface area is 175 Å². The maximum atomic E-state index is 12.8. The summed E-state index contributed by atoms with van der Waals surface area (Å²) in [5.74, 6) is -0.205. The second-order valence-corrected chi connectivity index (χ2v) is 7.49. The number of tetrazole rings is 1. The number of anilines is 2. The van der Waals surface area contributed by atoms with Crippen LogP contribution in [-0.4, -0.2) is 49.6 Å². The van der Waals surface area contributed by atoms with Gasteiger partial charge in [0.15, 0.2) is 0 Å². The molecule has 4 rings (SSSR count). The van der Waals surface area contributed by atoms with Crippen LogP contribution >= 0.6 is 15.9 Å². The molecule has 1 aromatic heterocycles. The van der Waals surface area contributed by atoms with Gasteiger partial charge in [-0.05, 0) is 71.8 Å². The van der Waals surface area contributed by atoms with Crippen LogP contribution in [0.15, 0.2) is 59.3 Å². The van der Waals surface area contributed by atoms with Crippen molar-refractivity contribution in [1.82, 2.24) is 25.1 Å². The molecule has 0 aliphatic carbocycles. The van der Waals surface area contributed by atoms with Crippen molar-refractivity contribution in [3.8, 4) is 5.69 Å². The summed E-state index contributed by atoms with van der Waals surface area (Å²) in [6.45, 7) is 0.540. The summed E-state index contributed by atoms with van der Waals surface area (Å²) < 4.78 is 2.46. The minimum absolute atomic E-state index is 0.205. The zero-order valence-corrected chi connectivity index (χ0v) is 16.9. The standard InChI is InChI=1S/C19H18BrN7O2/c20-13-3-5-15(6-4-13)23-19(29)26-11-1-2-17(26)18(28)22-14-7-9-16(10-8-14)27-12-21-24-25-27/h3-10,12,17H,1-2,11H2,(H,22,28)(H,23,29)/t17-/m0/s1. The van der Waals surface area contributed by atoms with Crippen molar-refractivity contribution < 1.29 is 9.59 Å². The van der Waals surface area contributed by atoms with Crippen molar-refractivity contribution >= 4 is 39.2 Å². The minimum Gasteiger partial charge on any atom is -0.324 e. The highest BCUT2D eigenvalue weighted by Gasteiger charge is 2.34. The van der Waals surface area contributed by atoms with E-state index in [1.165, 1.54) is 11.0 Å². The maximum absolute atomic E-state index is 12.8. The van der Waals surface area contributed by atoms with Crippen LogP contribution in [0.4, 0.5) is 16.2 Å². The quantitative estimate of drug-likeness (QED) is 0.628. The molecule has 29 heavy (non-hydrogen) atoms. The lowest BCUT2D eigenvalue weighted by molar-refractivity contribution is -0.119. The van der Waals surface area contributed by atoms with E-state index >= 15 is 0 Å². The van der Waals surface area contributed by atoms with Gasteiger partial charge in [-0.25, -0.2) is 9.48 Å². The molecule has 2 aromatic carbocycles. The number of carbonyl (C=O) groups excluding carboxylic acids is 2. The first-order chi connectivity index (χ1) is 14.1. The molecule has 1 saturated heterocycles. The minimum atomic E-state index is -0.510. The SMILES string of the molecule is O=C(Nc1ccc(-n2cnnn2)cc1)[C@@H]1CCCN1C(=O)Nc1ccc(Br)cc1. The Morgan fingerprint density at radius 3 is 2.38 bits per heavy atom. The highest BCUT2D eigenvalue weighted by Crippen LogP contribution is 2.22. The maximum Gasteiger partial charge on any atom is 0.322 e. The molecule has 1 atom stereocenters. The van der Waals surface area contributed by atoms with Crippen LogP contribution in [0.3, 0.4) is 0 Å². The summed E-state index contributed by atoms with van der Waals surface area (Å²) in [6, 6.07) is 13.7. The van der Waals surface area contributed by atoms with Gasteiger partial charge in [0.05, 0.1) is 5.69 Å². The van der Waals surface area contributed by atoms with E-state index in [2.05, 4.69) is 42.1 Å². The van der Waals surface area contributed by atoms with Gasteiger partial charge >= 0.3 is 6.03 Å². The first-order valence-corrected chi connectivity index (χ1v) is 9.87. The summed E-state index contributed by atoms with van der Waals surface area (Å²) in [5, 5.41) is 16.8. The normalized spacial score (nSPS) is 15.9. The molecule has 0 unspecified atom stereocenters. The first-order valence-electron chi connectivity index (χ1n) is 9.07. The van der Waals surface area contributed by atoms with Crippen molar-refractivity contribution in [2.75, 3.05) is 17.2 Å². The van der Waals surface area contributed by atoms with E-state index in [1.54, 1.807) is 41.3 Å². The number of urea groups is 1. The zero-order valence-electron chi connectivity index (χ0n) is 15.3. The molecule has 3 aromatic rings. The largest absolute Gasteiger partial charge is 0.324 e. The van der Waals surface area contributed by atoms with Crippen molar-refractivity contribution in [2.24, 2.45) is 0 Å². The Bertz CT molecular complexity index is 990. The predicted octanol–water partition coefficient (Wildman–Crippen LogP) is 3.06. The number of carbonyl (C=O) groups is 2. The number of hydrogen-bond donors (Lipinski definition) is 2. The molecule has 1 fully saturated rings. The second-order valence-electron chi connectivity index (χ2n) is 6.58. The average Bonchev–Trinajstić information content (AvgIpc) is 3.42. The number of amides is 3. The Balaban J connectivity index is 1.39. The van der Waals surface area contributed by atoms with Gasteiger partial charge in [-0.2, -0.15) is 0 Å². The van der Waals surface area contributed by atoms with Gasteiger partial charge in [-0.3, -0.25) is 4.79 Å². The number of nitrogens with one attached hydrogen (secondary N) is 2. The number of halogens is 1. The van der Waals surface area contributed by atoms with Crippen LogP contribution in [0, 0.1) is 0 Å². The molecule has 2 N–H and O–H groups in total. The molecule has 10 heteroatoms. The molecule has 9 nitrogen and oxygen atoms in total. The molecule has 0 spiro atoms. The number of hydrogen-bond acceptors (Lipinski definition) is 5. The summed E-state index contributed by atoms with van der Waals surface area (Å²) in [7, 11) is 0. The fourth-order valence-electron chi connectivity index (χ4n) is 3.21. The van der Waals surface area contributed by atoms with E-state index in [0.717, 1.165) is 16.6 Å². The molecule has 2 heterocycles. The molecule has 3 amide bonds. The number of rotatable bonds is 4. The van der Waals surface area contributed by atoms with Gasteiger partial charge in [0.1, 0.15) is 12.4 Å². The molecule has 0 saturated carbocycles. The van der Waals surface area contributed by atoms with Gasteiger partial charge < -0.3 is 15.5 Å². The van der Waals surface area contributed by atoms with Crippen LogP contribution < -0.4 is 10.6 Å². The first kappa shape index (κ1) is 19.1. The molecule has 148 valence electrons. The van der Waals surface area contributed by atoms with E-state index in [-0.39, 0.29) is 11.9 Å². The average molecular weight is 456 g/mol. The molecule has 1 aliphatic rings. The van der Waals surface area contributed by atoms with Crippen molar-refractivity contribution in [1.29, 1.82) is 0 Å². The Morgan fingerprint density at radius 2 is 1.69 bits per heavy atom. The lowest BCUT2D eigenvalue weighted by Gasteiger charge is -2.24. The highest BCUT2D eigenvalue weighted by molar-refractivity contribution is 9.10. The lowest BCUT2D eigenvalue weighted by atomic mass is 10.2. The smallest absolute Gasteiger partial charge is 0.322 e. The molecular formula is C19H18BrN7O2. The second kappa shape index (κ2) is 8.39. The van der Waals surface area contributed by atoms with Crippen LogP contribution in [-0.2, 0) is 4.79 Å². The monoisotopic (exact) mass is 455 g/mol. The van der Waals surface area contributed by atoms with Crippen LogP contribution in [0.1, 0.15) is 12.8 Å². The third-order valence-electron chi connectivity index (χ3n) is 4.66. The number of likely N-dealkylation sites (tertiary alicyclic amines) is 1. The number of benzene rings is 2. The van der Waals surface area contributed by atoms with Gasteiger partial charge in [0.2, 0.25) is 5.91 Å². The lowest BCUT2D eigenvalue weighted by Crippen LogP contribution is -2.45. The molecule has 1 aliphatic heterocycles. The fourth-order valence-corrected chi connectivity index (χ4v) is 3.48. The van der Waals surface area contributed by atoms with Gasteiger partial charge in [-0.1, -0.05) is 15.9 Å². The molecule has 0 radical (unpaired) electrons. The third-order valence-corrected chi connectivity index (χ3v) is 5.19. The predicted molar refractivity (Wildman–Crippen MR) is 111 cm³/mol. The van der Waals surface area contributed by atoms with E-state index in [1.807, 2.05) is 12.1 Å². The molecule has 0 bridgehead atoms. The van der Waals surface area contributed by atoms with Crippen LogP contribution in [0.5, 0.6) is 0 Å². The van der Waals surface area contributed by atoms with E-state index in [4.69, 9.17) is 0 Å². The Kier molecular flexibility index (Phi) is 5.52. The highest BCUT2D eigenvalue weighted by atomic mass is 79.9. The van der Waals surface area contributed by atoms with Crippen molar-refractivity contribution in [2.45, 2.75) is 18.9 Å². The van der Waals surface area contributed by atoms with E-state index in [9.17, 15) is 9.59 Å². The summed E-state index contributed by atoms with van der Waals surface area (Å²) in [6.07, 6.45) is 2.90. The summed E-state index contributed by atoms with van der Waals surface area (Å²) in [5.41, 5.74) is 2.11. The van der Waals surface area contributed by atoms with E-state index < -0.39 is 6.04 Å². The Morgan fingerprint density at radius 1 is 1.00 bits per heavy atom. The number of nitrogens with zero attached hydrogens (tertiary/aromatic N) is 5. The summed E-state index contributed by atoms with van der Waals surface area (Å²) >= 11 is 3.37. The third kappa shape index (κ3) is 4.43. The van der Waals surface area contributed by atoms with Crippen LogP contribution in [0.2, 0.25) is 0 Å². The zero-order chi connectivity index (χ0) is 20.2. The fraction of sp³-hybridized carbons (Fsp3) is 0.211. The van der Waals surface area contributed by atoms with Crippen molar-refractivity contribution in [3.63, 3.8) is 0 Å². The topological polar surface area (TPSA) is 105 Å². The van der Waals surface area contributed by atoms with Gasteiger partial charge in [0, 0.05) is 22.4 Å². The summed E-state index contributed by atoms with van der Waals surface area (Å²) in [4.78, 5) is 27.0. The number of aromatic nitrogens is 4. The van der Waals surface area contributed by atoms with Gasteiger partial charge in [0.25, 0.3) is 0 Å². The Hall–Kier alpha value is -3.27. The van der Waals surface area contributed by atoms with Gasteiger partial charge in [-0.15, -0.1) is 5.10 Å². The van der Waals surface area contributed by atoms with Crippen LogP contribution in [0.25, 0.3) is 5.69 Å². The van der Waals surface area contributed by atoms with Crippen molar-refractivity contribution in [3.05, 3.63) is 59.3 Å². The molecular weight excluding hydrogens is 438 g/mol. The van der Waals surface area contributed by atoms with E-state index in [0.29, 0.717) is 24.3 Å².